The maximum Gasteiger partial charge on any atom is 0.247 e. The van der Waals surface area contributed by atoms with Crippen LogP contribution in [0.4, 0.5) is 0 Å². The standard InChI is InChI=1S/C43H63O7Si4/c1-44-34-22-19-25-37(40(34)47-4)52-31-16-10-7-13-28-43(50-51,29-14-8-11-17-32-53-38-26-20-23-35(45-2)41(38)48-5)30-15-9-12-18-33-54-39-27-21-24-36(46-3)42(39)49-6/h19-27H,7-18,28-33H2,1-6H3. The number of benzene rings is 3. The van der Waals surface area contributed by atoms with Gasteiger partial charge in [0.05, 0.1) is 76.8 Å². The lowest BCUT2D eigenvalue weighted by molar-refractivity contribution is 0.0424. The summed E-state index contributed by atoms with van der Waals surface area (Å²) in [4.78, 5) is 0. The van der Waals surface area contributed by atoms with E-state index >= 15 is 0 Å². The van der Waals surface area contributed by atoms with Gasteiger partial charge >= 0.3 is 0 Å². The van der Waals surface area contributed by atoms with Crippen molar-refractivity contribution in [2.45, 2.75) is 120 Å². The van der Waals surface area contributed by atoms with E-state index in [1.807, 2.05) is 18.2 Å². The summed E-state index contributed by atoms with van der Waals surface area (Å²) in [5, 5.41) is 3.76. The molecule has 7 nitrogen and oxygen atoms in total. The minimum Gasteiger partial charge on any atom is -0.493 e. The molecule has 0 amide bonds. The molecule has 293 valence electrons. The number of para-hydroxylation sites is 3. The van der Waals surface area contributed by atoms with Gasteiger partial charge in [0, 0.05) is 0 Å². The summed E-state index contributed by atoms with van der Waals surface area (Å²) in [6.45, 7) is 0. The molecule has 0 saturated heterocycles. The topological polar surface area (TPSA) is 64.6 Å². The van der Waals surface area contributed by atoms with Crippen molar-refractivity contribution in [3.05, 3.63) is 54.6 Å². The molecule has 0 aromatic heterocycles. The van der Waals surface area contributed by atoms with Crippen molar-refractivity contribution >= 4 is 54.6 Å². The molecule has 54 heavy (non-hydrogen) atoms. The summed E-state index contributed by atoms with van der Waals surface area (Å²) in [5.41, 5.74) is -0.0992. The minimum absolute atomic E-state index is 0.0992. The molecule has 0 aliphatic carbocycles. The summed E-state index contributed by atoms with van der Waals surface area (Å²) in [7, 11) is 16.1. The first-order valence-corrected chi connectivity index (χ1v) is 23.7. The first kappa shape index (κ1) is 45.7. The van der Waals surface area contributed by atoms with E-state index in [1.165, 1.54) is 111 Å². The van der Waals surface area contributed by atoms with Crippen LogP contribution >= 0.6 is 0 Å². The van der Waals surface area contributed by atoms with Crippen molar-refractivity contribution in [2.75, 3.05) is 42.7 Å². The molecule has 0 atom stereocenters. The molecule has 0 unspecified atom stereocenters. The van der Waals surface area contributed by atoms with Gasteiger partial charge in [0.15, 0.2) is 34.5 Å². The highest BCUT2D eigenvalue weighted by atomic mass is 28.2. The highest BCUT2D eigenvalue weighted by Crippen LogP contribution is 2.33. The molecule has 11 heteroatoms. The van der Waals surface area contributed by atoms with E-state index in [0.29, 0.717) is 0 Å². The molecule has 0 aliphatic rings. The van der Waals surface area contributed by atoms with Crippen LogP contribution in [-0.2, 0) is 4.43 Å². The average Bonchev–Trinajstić information content (AvgIpc) is 3.21. The van der Waals surface area contributed by atoms with Crippen LogP contribution in [0.1, 0.15) is 96.3 Å². The molecule has 9 radical (unpaired) electrons. The van der Waals surface area contributed by atoms with Gasteiger partial charge in [0.2, 0.25) is 10.5 Å². The lowest BCUT2D eigenvalue weighted by Gasteiger charge is -2.34. The fourth-order valence-corrected chi connectivity index (χ4v) is 11.2. The molecule has 3 aromatic carbocycles. The zero-order chi connectivity index (χ0) is 38.9. The van der Waals surface area contributed by atoms with Crippen molar-refractivity contribution < 1.29 is 32.8 Å². The third-order valence-electron chi connectivity index (χ3n) is 10.0. The van der Waals surface area contributed by atoms with Crippen LogP contribution in [0, 0.1) is 0 Å². The van der Waals surface area contributed by atoms with Crippen LogP contribution in [0.2, 0.25) is 18.1 Å². The van der Waals surface area contributed by atoms with Gasteiger partial charge in [-0.2, -0.15) is 0 Å². The average molecular weight is 804 g/mol. The van der Waals surface area contributed by atoms with E-state index in [9.17, 15) is 0 Å². The van der Waals surface area contributed by atoms with E-state index < -0.39 is 0 Å². The number of methoxy groups -OCH3 is 6. The Morgan fingerprint density at radius 1 is 0.407 bits per heavy atom. The second kappa shape index (κ2) is 27.0. The smallest absolute Gasteiger partial charge is 0.247 e. The van der Waals surface area contributed by atoms with Gasteiger partial charge in [-0.15, -0.1) is 0 Å². The third-order valence-corrected chi connectivity index (χ3v) is 14.6. The van der Waals surface area contributed by atoms with Crippen molar-refractivity contribution in [2.24, 2.45) is 0 Å². The highest BCUT2D eigenvalue weighted by molar-refractivity contribution is 6.55. The largest absolute Gasteiger partial charge is 0.493 e. The highest BCUT2D eigenvalue weighted by Gasteiger charge is 2.28. The number of ether oxygens (including phenoxy) is 6. The Morgan fingerprint density at radius 2 is 0.704 bits per heavy atom. The normalized spacial score (nSPS) is 11.4. The van der Waals surface area contributed by atoms with Gasteiger partial charge in [-0.25, -0.2) is 0 Å². The lowest BCUT2D eigenvalue weighted by Crippen LogP contribution is -2.32. The van der Waals surface area contributed by atoms with Gasteiger partial charge < -0.3 is 32.8 Å². The summed E-state index contributed by atoms with van der Waals surface area (Å²) < 4.78 is 39.7. The zero-order valence-electron chi connectivity index (χ0n) is 33.8. The van der Waals surface area contributed by atoms with E-state index in [0.717, 1.165) is 82.3 Å². The van der Waals surface area contributed by atoms with E-state index in [1.54, 1.807) is 42.7 Å². The number of unbranched alkanes of at least 4 members (excludes halogenated alkanes) is 9. The third kappa shape index (κ3) is 15.1. The SMILES string of the molecule is COc1cccc([Si]CCCCCCC(CCCCCC[Si]c2cccc(OC)c2OC)(CCCCCC[Si]c2cccc(OC)c2OC)O[Si])c1OC. The Hall–Kier alpha value is -2.71. The molecule has 0 N–H and O–H groups in total. The summed E-state index contributed by atoms with van der Waals surface area (Å²) in [6.07, 6.45) is 18.0. The van der Waals surface area contributed by atoms with Crippen molar-refractivity contribution in [1.29, 1.82) is 0 Å². The van der Waals surface area contributed by atoms with E-state index in [2.05, 4.69) is 46.9 Å². The van der Waals surface area contributed by atoms with Crippen molar-refractivity contribution in [3.8, 4) is 34.5 Å². The van der Waals surface area contributed by atoms with Gasteiger partial charge in [-0.05, 0) is 53.0 Å². The Morgan fingerprint density at radius 3 is 0.963 bits per heavy atom. The van der Waals surface area contributed by atoms with Crippen LogP contribution in [0.25, 0.3) is 0 Å². The molecular formula is C43H63O7Si4. The lowest BCUT2D eigenvalue weighted by atomic mass is 9.85. The fourth-order valence-electron chi connectivity index (χ4n) is 7.05. The zero-order valence-corrected chi connectivity index (χ0v) is 37.8. The molecule has 3 aromatic rings. The first-order chi connectivity index (χ1) is 26.5. The molecule has 0 bridgehead atoms. The fraction of sp³-hybridized carbons (Fsp3) is 0.581. The number of hydrogen-bond acceptors (Lipinski definition) is 7. The molecule has 0 heterocycles. The minimum atomic E-state index is -0.0992. The second-order valence-corrected chi connectivity index (χ2v) is 18.1. The summed E-state index contributed by atoms with van der Waals surface area (Å²) in [6, 6.07) is 22.1. The monoisotopic (exact) mass is 803 g/mol. The van der Waals surface area contributed by atoms with Crippen LogP contribution in [0.3, 0.4) is 0 Å². The maximum absolute atomic E-state index is 6.27. The predicted molar refractivity (Wildman–Crippen MR) is 228 cm³/mol. The first-order valence-electron chi connectivity index (χ1n) is 19.7. The second-order valence-electron chi connectivity index (χ2n) is 13.7. The van der Waals surface area contributed by atoms with Gasteiger partial charge in [0.1, 0.15) is 0 Å². The summed E-state index contributed by atoms with van der Waals surface area (Å²) in [5.74, 6) is 5.10. The predicted octanol–water partition coefficient (Wildman–Crippen LogP) is 8.07. The van der Waals surface area contributed by atoms with Gasteiger partial charge in [-0.1, -0.05) is 132 Å². The molecule has 0 spiro atoms. The Bertz CT molecular complexity index is 1290. The van der Waals surface area contributed by atoms with E-state index in [-0.39, 0.29) is 5.60 Å². The van der Waals surface area contributed by atoms with Crippen molar-refractivity contribution in [3.63, 3.8) is 0 Å². The van der Waals surface area contributed by atoms with E-state index in [4.69, 9.17) is 32.8 Å². The van der Waals surface area contributed by atoms with Crippen molar-refractivity contribution in [1.82, 2.24) is 0 Å². The Labute approximate surface area is 337 Å². The quantitative estimate of drug-likeness (QED) is 0.0482. The maximum atomic E-state index is 6.27. The molecule has 0 aliphatic heterocycles. The molecular weight excluding hydrogens is 741 g/mol. The number of rotatable bonds is 31. The van der Waals surface area contributed by atoms with Crippen LogP contribution in [0.5, 0.6) is 34.5 Å². The molecule has 0 saturated carbocycles. The Kier molecular flexibility index (Phi) is 22.8. The Balaban J connectivity index is 1.43. The van der Waals surface area contributed by atoms with Crippen LogP contribution in [0.15, 0.2) is 54.6 Å². The van der Waals surface area contributed by atoms with Crippen LogP contribution < -0.4 is 44.0 Å². The van der Waals surface area contributed by atoms with Gasteiger partial charge in [0.25, 0.3) is 0 Å². The number of hydrogen-bond donors (Lipinski definition) is 0. The molecule has 3 rings (SSSR count). The summed E-state index contributed by atoms with van der Waals surface area (Å²) >= 11 is 0. The van der Waals surface area contributed by atoms with Gasteiger partial charge in [-0.3, -0.25) is 0 Å². The van der Waals surface area contributed by atoms with Crippen LogP contribution in [-0.4, -0.2) is 87.3 Å². The molecule has 0 fully saturated rings.